The number of aryl methyl sites for hydroxylation is 3. The summed E-state index contributed by atoms with van der Waals surface area (Å²) in [6.45, 7) is 6.11. The molecule has 0 bridgehead atoms. The van der Waals surface area contributed by atoms with Crippen LogP contribution in [0, 0.1) is 26.7 Å². The van der Waals surface area contributed by atoms with Crippen molar-refractivity contribution in [3.63, 3.8) is 0 Å². The maximum atomic E-state index is 13.1. The average Bonchev–Trinajstić information content (AvgIpc) is 2.62. The van der Waals surface area contributed by atoms with Gasteiger partial charge in [0.2, 0.25) is 21.4 Å². The van der Waals surface area contributed by atoms with Crippen LogP contribution in [-0.2, 0) is 14.8 Å². The molecule has 150 valence electrons. The quantitative estimate of drug-likeness (QED) is 0.818. The molecule has 8 heteroatoms. The number of anilines is 1. The normalized spacial score (nSPS) is 16.1. The number of aromatic nitrogens is 1. The average molecular weight is 404 g/mol. The Morgan fingerprint density at radius 2 is 1.75 bits per heavy atom. The molecule has 1 saturated heterocycles. The van der Waals surface area contributed by atoms with E-state index in [0.717, 1.165) is 16.7 Å². The number of H-pyrrole nitrogens is 1. The summed E-state index contributed by atoms with van der Waals surface area (Å²) in [5, 5.41) is 2.64. The van der Waals surface area contributed by atoms with Crippen molar-refractivity contribution in [1.29, 1.82) is 0 Å². The van der Waals surface area contributed by atoms with Crippen molar-refractivity contribution in [3.8, 4) is 0 Å². The summed E-state index contributed by atoms with van der Waals surface area (Å²) >= 11 is 0. The Morgan fingerprint density at radius 1 is 1.14 bits per heavy atom. The van der Waals surface area contributed by atoms with Gasteiger partial charge >= 0.3 is 0 Å². The van der Waals surface area contributed by atoms with Gasteiger partial charge in [-0.25, -0.2) is 8.42 Å². The van der Waals surface area contributed by atoms with Crippen LogP contribution in [0.15, 0.2) is 40.3 Å². The van der Waals surface area contributed by atoms with Crippen LogP contribution in [0.5, 0.6) is 0 Å². The monoisotopic (exact) mass is 403 g/mol. The third kappa shape index (κ3) is 4.02. The number of hydrogen-bond acceptors (Lipinski definition) is 4. The van der Waals surface area contributed by atoms with Crippen molar-refractivity contribution in [2.75, 3.05) is 18.4 Å². The van der Waals surface area contributed by atoms with Gasteiger partial charge in [-0.1, -0.05) is 17.7 Å². The van der Waals surface area contributed by atoms with Crippen LogP contribution in [0.3, 0.4) is 0 Å². The highest BCUT2D eigenvalue weighted by atomic mass is 32.2. The summed E-state index contributed by atoms with van der Waals surface area (Å²) in [6, 6.07) is 5.09. The zero-order valence-corrected chi connectivity index (χ0v) is 17.1. The van der Waals surface area contributed by atoms with Gasteiger partial charge in [-0.3, -0.25) is 9.59 Å². The van der Waals surface area contributed by atoms with Crippen molar-refractivity contribution in [1.82, 2.24) is 9.29 Å². The molecule has 2 aromatic rings. The molecule has 1 fully saturated rings. The molecule has 0 saturated carbocycles. The maximum Gasteiger partial charge on any atom is 0.243 e. The summed E-state index contributed by atoms with van der Waals surface area (Å²) in [6.07, 6.45) is 3.78. The highest BCUT2D eigenvalue weighted by Crippen LogP contribution is 2.29. The van der Waals surface area contributed by atoms with E-state index < -0.39 is 10.0 Å². The molecule has 0 unspecified atom stereocenters. The van der Waals surface area contributed by atoms with E-state index in [0.29, 0.717) is 17.7 Å². The Morgan fingerprint density at radius 3 is 2.32 bits per heavy atom. The number of amides is 1. The molecule has 7 nitrogen and oxygen atoms in total. The highest BCUT2D eigenvalue weighted by Gasteiger charge is 2.33. The van der Waals surface area contributed by atoms with Crippen LogP contribution >= 0.6 is 0 Å². The lowest BCUT2D eigenvalue weighted by Crippen LogP contribution is -2.42. The summed E-state index contributed by atoms with van der Waals surface area (Å²) in [4.78, 5) is 27.3. The van der Waals surface area contributed by atoms with E-state index in [1.165, 1.54) is 22.8 Å². The lowest BCUT2D eigenvalue weighted by atomic mass is 9.97. The van der Waals surface area contributed by atoms with Crippen molar-refractivity contribution in [2.45, 2.75) is 38.5 Å². The Hall–Kier alpha value is -2.45. The topological polar surface area (TPSA) is 99.3 Å². The van der Waals surface area contributed by atoms with E-state index in [9.17, 15) is 18.0 Å². The van der Waals surface area contributed by atoms with Gasteiger partial charge in [0.05, 0.1) is 4.90 Å². The van der Waals surface area contributed by atoms with Gasteiger partial charge in [0.1, 0.15) is 5.69 Å². The third-order valence-corrected chi connectivity index (χ3v) is 7.31. The molecule has 0 atom stereocenters. The van der Waals surface area contributed by atoms with Crippen molar-refractivity contribution in [2.24, 2.45) is 5.92 Å². The van der Waals surface area contributed by atoms with Crippen molar-refractivity contribution in [3.05, 3.63) is 57.5 Å². The third-order valence-electron chi connectivity index (χ3n) is 5.11. The molecule has 28 heavy (non-hydrogen) atoms. The minimum Gasteiger partial charge on any atom is -0.366 e. The second-order valence-corrected chi connectivity index (χ2v) is 9.19. The predicted octanol–water partition coefficient (Wildman–Crippen LogP) is 2.34. The molecule has 1 amide bonds. The molecule has 1 aliphatic rings. The summed E-state index contributed by atoms with van der Waals surface area (Å²) in [5.41, 5.74) is 2.44. The van der Waals surface area contributed by atoms with Crippen LogP contribution in [0.4, 0.5) is 5.69 Å². The number of hydrogen-bond donors (Lipinski definition) is 2. The summed E-state index contributed by atoms with van der Waals surface area (Å²) in [5.74, 6) is -0.581. The molecule has 1 aromatic heterocycles. The van der Waals surface area contributed by atoms with E-state index in [2.05, 4.69) is 10.3 Å². The molecular formula is C20H25N3O4S. The van der Waals surface area contributed by atoms with E-state index in [1.54, 1.807) is 0 Å². The second-order valence-electron chi connectivity index (χ2n) is 7.32. The number of sulfonamides is 1. The molecular weight excluding hydrogens is 378 g/mol. The number of rotatable bonds is 4. The van der Waals surface area contributed by atoms with Crippen LogP contribution in [-0.4, -0.2) is 36.7 Å². The number of nitrogens with zero attached hydrogens (tertiary/aromatic N) is 1. The van der Waals surface area contributed by atoms with Crippen LogP contribution in [0.1, 0.15) is 29.5 Å². The number of nitrogens with one attached hydrogen (secondary N) is 2. The van der Waals surface area contributed by atoms with Crippen LogP contribution in [0.2, 0.25) is 0 Å². The molecule has 1 aromatic carbocycles. The molecule has 0 radical (unpaired) electrons. The predicted molar refractivity (Wildman–Crippen MR) is 108 cm³/mol. The second kappa shape index (κ2) is 7.89. The standard InChI is InChI=1S/C20H25N3O4S/c1-13-10-14(2)19(15(3)11-13)28(26,27)23-8-5-16(6-9-23)20(25)22-17-12-21-7-4-18(17)24/h4,7,10-12,16H,5-6,8-9H2,1-3H3,(H,21,24)(H,22,25). The number of piperidine rings is 1. The lowest BCUT2D eigenvalue weighted by molar-refractivity contribution is -0.120. The Kier molecular flexibility index (Phi) is 5.71. The molecule has 0 aliphatic carbocycles. The minimum atomic E-state index is -3.61. The number of aromatic amines is 1. The first-order chi connectivity index (χ1) is 13.2. The number of carbonyl (C=O) groups is 1. The number of pyridine rings is 1. The fourth-order valence-electron chi connectivity index (χ4n) is 3.81. The van der Waals surface area contributed by atoms with Gasteiger partial charge in [-0.15, -0.1) is 0 Å². The van der Waals surface area contributed by atoms with Crippen LogP contribution in [0.25, 0.3) is 0 Å². The fraction of sp³-hybridized carbons (Fsp3) is 0.400. The minimum absolute atomic E-state index is 0.202. The van der Waals surface area contributed by atoms with Crippen molar-refractivity contribution >= 4 is 21.6 Å². The smallest absolute Gasteiger partial charge is 0.243 e. The molecule has 2 N–H and O–H groups in total. The van der Waals surface area contributed by atoms with Gasteiger partial charge < -0.3 is 10.3 Å². The van der Waals surface area contributed by atoms with Crippen LogP contribution < -0.4 is 10.7 Å². The number of benzene rings is 1. The van der Waals surface area contributed by atoms with Gasteiger partial charge in [0.25, 0.3) is 0 Å². The maximum absolute atomic E-state index is 13.1. The number of carbonyl (C=O) groups excluding carboxylic acids is 1. The fourth-order valence-corrected chi connectivity index (χ4v) is 5.69. The van der Waals surface area contributed by atoms with Gasteiger partial charge in [0, 0.05) is 37.5 Å². The molecule has 0 spiro atoms. The van der Waals surface area contributed by atoms with Crippen molar-refractivity contribution < 1.29 is 13.2 Å². The molecule has 1 aliphatic heterocycles. The molecule has 3 rings (SSSR count). The molecule has 2 heterocycles. The SMILES string of the molecule is Cc1cc(C)c(S(=O)(=O)N2CCC(C(=O)Nc3c[nH]ccc3=O)CC2)c(C)c1. The first-order valence-electron chi connectivity index (χ1n) is 9.26. The summed E-state index contributed by atoms with van der Waals surface area (Å²) in [7, 11) is -3.61. The summed E-state index contributed by atoms with van der Waals surface area (Å²) < 4.78 is 27.7. The van der Waals surface area contributed by atoms with E-state index in [4.69, 9.17) is 0 Å². The highest BCUT2D eigenvalue weighted by molar-refractivity contribution is 7.89. The van der Waals surface area contributed by atoms with E-state index in [1.807, 2.05) is 32.9 Å². The van der Waals surface area contributed by atoms with E-state index in [-0.39, 0.29) is 36.0 Å². The van der Waals surface area contributed by atoms with E-state index >= 15 is 0 Å². The van der Waals surface area contributed by atoms with Gasteiger partial charge in [0.15, 0.2) is 0 Å². The van der Waals surface area contributed by atoms with Gasteiger partial charge in [-0.2, -0.15) is 4.31 Å². The Balaban J connectivity index is 1.70. The first-order valence-corrected chi connectivity index (χ1v) is 10.7. The first kappa shape index (κ1) is 20.3. The lowest BCUT2D eigenvalue weighted by Gasteiger charge is -2.31. The largest absolute Gasteiger partial charge is 0.366 e. The Bertz CT molecular complexity index is 1030. The zero-order chi connectivity index (χ0) is 20.5. The zero-order valence-electron chi connectivity index (χ0n) is 16.3. The van der Waals surface area contributed by atoms with Gasteiger partial charge in [-0.05, 0) is 44.7 Å². The Labute approximate surface area is 164 Å².